The first-order chi connectivity index (χ1) is 8.13. The van der Waals surface area contributed by atoms with Crippen molar-refractivity contribution in [2.24, 2.45) is 5.73 Å². The molecule has 0 atom stereocenters. The first kappa shape index (κ1) is 12.8. The standard InChI is InChI=1S/C13H17ClFNO/c1-17-7-9-5-10(14)6-11(12(9)15)13(8-16)3-2-4-13/h5-6H,2-4,7-8,16H2,1H3. The van der Waals surface area contributed by atoms with Gasteiger partial charge in [-0.25, -0.2) is 4.39 Å². The number of nitrogens with two attached hydrogens (primary N) is 1. The molecule has 1 aliphatic rings. The predicted molar refractivity (Wildman–Crippen MR) is 66.7 cm³/mol. The average Bonchev–Trinajstić information content (AvgIpc) is 2.24. The molecule has 0 saturated heterocycles. The number of hydrogen-bond acceptors (Lipinski definition) is 2. The first-order valence-corrected chi connectivity index (χ1v) is 6.18. The van der Waals surface area contributed by atoms with E-state index in [0.717, 1.165) is 19.3 Å². The molecule has 0 radical (unpaired) electrons. The summed E-state index contributed by atoms with van der Waals surface area (Å²) in [6.45, 7) is 0.705. The van der Waals surface area contributed by atoms with Gasteiger partial charge in [0.15, 0.2) is 0 Å². The van der Waals surface area contributed by atoms with Crippen molar-refractivity contribution in [3.8, 4) is 0 Å². The van der Waals surface area contributed by atoms with E-state index in [9.17, 15) is 4.39 Å². The molecule has 0 spiro atoms. The van der Waals surface area contributed by atoms with Crippen molar-refractivity contribution in [1.29, 1.82) is 0 Å². The van der Waals surface area contributed by atoms with E-state index in [4.69, 9.17) is 22.1 Å². The SMILES string of the molecule is COCc1cc(Cl)cc(C2(CN)CCC2)c1F. The highest BCUT2D eigenvalue weighted by Gasteiger charge is 2.40. The van der Waals surface area contributed by atoms with Gasteiger partial charge in [0.05, 0.1) is 6.61 Å². The van der Waals surface area contributed by atoms with Crippen LogP contribution in [0.1, 0.15) is 30.4 Å². The van der Waals surface area contributed by atoms with Crippen LogP contribution in [0, 0.1) is 5.82 Å². The third-order valence-electron chi connectivity index (χ3n) is 3.69. The number of ether oxygens (including phenoxy) is 1. The molecule has 4 heteroatoms. The zero-order valence-electron chi connectivity index (χ0n) is 9.93. The number of methoxy groups -OCH3 is 1. The first-order valence-electron chi connectivity index (χ1n) is 5.80. The molecular weight excluding hydrogens is 241 g/mol. The van der Waals surface area contributed by atoms with Gasteiger partial charge in [-0.2, -0.15) is 0 Å². The van der Waals surface area contributed by atoms with Crippen LogP contribution in [0.15, 0.2) is 12.1 Å². The molecule has 1 aromatic rings. The Morgan fingerprint density at radius 2 is 2.18 bits per heavy atom. The number of halogens is 2. The van der Waals surface area contributed by atoms with E-state index in [2.05, 4.69) is 0 Å². The summed E-state index contributed by atoms with van der Waals surface area (Å²) >= 11 is 6.04. The largest absolute Gasteiger partial charge is 0.380 e. The fourth-order valence-corrected chi connectivity index (χ4v) is 2.72. The summed E-state index contributed by atoms with van der Waals surface area (Å²) in [6.07, 6.45) is 2.98. The zero-order chi connectivity index (χ0) is 12.5. The van der Waals surface area contributed by atoms with E-state index >= 15 is 0 Å². The summed E-state index contributed by atoms with van der Waals surface area (Å²) in [6, 6.07) is 3.33. The predicted octanol–water partition coefficient (Wildman–Crippen LogP) is 3.01. The molecule has 0 unspecified atom stereocenters. The topological polar surface area (TPSA) is 35.2 Å². The zero-order valence-corrected chi connectivity index (χ0v) is 10.7. The molecule has 1 fully saturated rings. The molecule has 2 rings (SSSR count). The molecule has 0 heterocycles. The van der Waals surface area contributed by atoms with Crippen molar-refractivity contribution in [3.05, 3.63) is 34.1 Å². The second-order valence-electron chi connectivity index (χ2n) is 4.70. The van der Waals surface area contributed by atoms with Crippen LogP contribution >= 0.6 is 11.6 Å². The van der Waals surface area contributed by atoms with Crippen molar-refractivity contribution in [2.75, 3.05) is 13.7 Å². The van der Waals surface area contributed by atoms with Crippen molar-refractivity contribution in [2.45, 2.75) is 31.3 Å². The Morgan fingerprint density at radius 1 is 1.47 bits per heavy atom. The quantitative estimate of drug-likeness (QED) is 0.900. The average molecular weight is 258 g/mol. The van der Waals surface area contributed by atoms with E-state index in [1.165, 1.54) is 0 Å². The fourth-order valence-electron chi connectivity index (χ4n) is 2.48. The van der Waals surface area contributed by atoms with Crippen LogP contribution in [0.3, 0.4) is 0 Å². The smallest absolute Gasteiger partial charge is 0.132 e. The number of benzene rings is 1. The lowest BCUT2D eigenvalue weighted by Gasteiger charge is -2.42. The number of hydrogen-bond donors (Lipinski definition) is 1. The van der Waals surface area contributed by atoms with Crippen LogP contribution in [0.2, 0.25) is 5.02 Å². The van der Waals surface area contributed by atoms with Crippen molar-refractivity contribution < 1.29 is 9.13 Å². The molecular formula is C13H17ClFNO. The van der Waals surface area contributed by atoms with Crippen LogP contribution in [-0.2, 0) is 16.8 Å². The monoisotopic (exact) mass is 257 g/mol. The fraction of sp³-hybridized carbons (Fsp3) is 0.538. The van der Waals surface area contributed by atoms with Crippen LogP contribution in [0.5, 0.6) is 0 Å². The Hall–Kier alpha value is -0.640. The molecule has 17 heavy (non-hydrogen) atoms. The molecule has 2 N–H and O–H groups in total. The summed E-state index contributed by atoms with van der Waals surface area (Å²) < 4.78 is 19.3. The van der Waals surface area contributed by atoms with Gasteiger partial charge >= 0.3 is 0 Å². The highest BCUT2D eigenvalue weighted by Crippen LogP contribution is 2.45. The lowest BCUT2D eigenvalue weighted by molar-refractivity contribution is 0.179. The van der Waals surface area contributed by atoms with E-state index < -0.39 is 0 Å². The number of rotatable bonds is 4. The van der Waals surface area contributed by atoms with E-state index in [0.29, 0.717) is 22.7 Å². The second-order valence-corrected chi connectivity index (χ2v) is 5.13. The summed E-state index contributed by atoms with van der Waals surface area (Å²) in [4.78, 5) is 0. The Morgan fingerprint density at radius 3 is 2.65 bits per heavy atom. The van der Waals surface area contributed by atoms with Crippen molar-refractivity contribution in [1.82, 2.24) is 0 Å². The minimum Gasteiger partial charge on any atom is -0.380 e. The van der Waals surface area contributed by atoms with Crippen LogP contribution in [0.4, 0.5) is 4.39 Å². The van der Waals surface area contributed by atoms with E-state index in [-0.39, 0.29) is 17.8 Å². The Balaban J connectivity index is 2.46. The second kappa shape index (κ2) is 4.92. The van der Waals surface area contributed by atoms with Crippen LogP contribution in [-0.4, -0.2) is 13.7 Å². The molecule has 1 saturated carbocycles. The molecule has 0 amide bonds. The molecule has 0 aliphatic heterocycles. The van der Waals surface area contributed by atoms with Gasteiger partial charge in [0.25, 0.3) is 0 Å². The Labute approximate surface area is 106 Å². The van der Waals surface area contributed by atoms with Crippen molar-refractivity contribution >= 4 is 11.6 Å². The Bertz CT molecular complexity index is 413. The van der Waals surface area contributed by atoms with Gasteiger partial charge in [-0.3, -0.25) is 0 Å². The maximum atomic E-state index is 14.3. The molecule has 94 valence electrons. The molecule has 1 aliphatic carbocycles. The van der Waals surface area contributed by atoms with E-state index in [1.54, 1.807) is 19.2 Å². The van der Waals surface area contributed by atoms with Crippen LogP contribution < -0.4 is 5.73 Å². The van der Waals surface area contributed by atoms with Gasteiger partial charge in [-0.05, 0) is 30.5 Å². The van der Waals surface area contributed by atoms with Gasteiger partial charge in [0, 0.05) is 29.7 Å². The lowest BCUT2D eigenvalue weighted by Crippen LogP contribution is -2.42. The Kier molecular flexibility index (Phi) is 3.71. The van der Waals surface area contributed by atoms with Gasteiger partial charge < -0.3 is 10.5 Å². The van der Waals surface area contributed by atoms with Gasteiger partial charge in [0.1, 0.15) is 5.82 Å². The van der Waals surface area contributed by atoms with Gasteiger partial charge in [-0.15, -0.1) is 0 Å². The molecule has 1 aromatic carbocycles. The molecule has 0 bridgehead atoms. The minimum atomic E-state index is -0.211. The van der Waals surface area contributed by atoms with Gasteiger partial charge in [0.2, 0.25) is 0 Å². The van der Waals surface area contributed by atoms with Gasteiger partial charge in [-0.1, -0.05) is 18.0 Å². The highest BCUT2D eigenvalue weighted by molar-refractivity contribution is 6.30. The maximum absolute atomic E-state index is 14.3. The van der Waals surface area contributed by atoms with Crippen LogP contribution in [0.25, 0.3) is 0 Å². The summed E-state index contributed by atoms with van der Waals surface area (Å²) in [5.41, 5.74) is 6.76. The highest BCUT2D eigenvalue weighted by atomic mass is 35.5. The molecule has 0 aromatic heterocycles. The summed E-state index contributed by atoms with van der Waals surface area (Å²) in [7, 11) is 1.54. The minimum absolute atomic E-state index is 0.207. The summed E-state index contributed by atoms with van der Waals surface area (Å²) in [5, 5.41) is 0.549. The van der Waals surface area contributed by atoms with Crippen molar-refractivity contribution in [3.63, 3.8) is 0 Å². The van der Waals surface area contributed by atoms with E-state index in [1.807, 2.05) is 0 Å². The lowest BCUT2D eigenvalue weighted by atomic mass is 9.64. The third-order valence-corrected chi connectivity index (χ3v) is 3.90. The maximum Gasteiger partial charge on any atom is 0.132 e. The summed E-state index contributed by atoms with van der Waals surface area (Å²) in [5.74, 6) is -0.207. The normalized spacial score (nSPS) is 17.9. The third kappa shape index (κ3) is 2.19. The molecule has 2 nitrogen and oxygen atoms in total.